The summed E-state index contributed by atoms with van der Waals surface area (Å²) in [5.41, 5.74) is 2.32. The van der Waals surface area contributed by atoms with Crippen molar-refractivity contribution in [2.45, 2.75) is 13.0 Å². The second kappa shape index (κ2) is 5.91. The monoisotopic (exact) mass is 297 g/mol. The van der Waals surface area contributed by atoms with Crippen LogP contribution in [-0.2, 0) is 0 Å². The molecule has 0 fully saturated rings. The van der Waals surface area contributed by atoms with Crippen LogP contribution in [0, 0.1) is 12.7 Å². The lowest BCUT2D eigenvalue weighted by Gasteiger charge is -2.20. The molecule has 2 aromatic rings. The van der Waals surface area contributed by atoms with Gasteiger partial charge in [0, 0.05) is 15.6 Å². The predicted molar refractivity (Wildman–Crippen MR) is 78.5 cm³/mol. The Kier molecular flexibility index (Phi) is 4.46. The zero-order valence-electron chi connectivity index (χ0n) is 10.7. The van der Waals surface area contributed by atoms with E-state index in [-0.39, 0.29) is 11.9 Å². The largest absolute Gasteiger partial charge is 0.309 e. The number of nitrogens with one attached hydrogen (secondary N) is 1. The van der Waals surface area contributed by atoms with Crippen molar-refractivity contribution in [3.8, 4) is 0 Å². The Labute approximate surface area is 122 Å². The molecule has 0 radical (unpaired) electrons. The van der Waals surface area contributed by atoms with Crippen molar-refractivity contribution in [3.05, 3.63) is 69.0 Å². The molecular weight excluding hydrogens is 284 g/mol. The van der Waals surface area contributed by atoms with Crippen LogP contribution in [0.15, 0.2) is 36.4 Å². The maximum absolute atomic E-state index is 14.0. The first-order valence-electron chi connectivity index (χ1n) is 5.91. The molecule has 1 nitrogen and oxygen atoms in total. The molecule has 1 atom stereocenters. The van der Waals surface area contributed by atoms with Crippen LogP contribution in [0.2, 0.25) is 10.0 Å². The van der Waals surface area contributed by atoms with Crippen molar-refractivity contribution < 1.29 is 4.39 Å². The van der Waals surface area contributed by atoms with Crippen LogP contribution >= 0.6 is 23.2 Å². The van der Waals surface area contributed by atoms with Gasteiger partial charge < -0.3 is 5.32 Å². The quantitative estimate of drug-likeness (QED) is 0.862. The van der Waals surface area contributed by atoms with Crippen molar-refractivity contribution in [1.82, 2.24) is 5.32 Å². The van der Waals surface area contributed by atoms with E-state index in [1.165, 1.54) is 6.07 Å². The summed E-state index contributed by atoms with van der Waals surface area (Å²) < 4.78 is 14.0. The highest BCUT2D eigenvalue weighted by molar-refractivity contribution is 6.33. The molecule has 0 aromatic heterocycles. The Hall–Kier alpha value is -1.09. The molecule has 0 aliphatic rings. The molecule has 2 aromatic carbocycles. The molecule has 0 bridgehead atoms. The first kappa shape index (κ1) is 14.3. The lowest BCUT2D eigenvalue weighted by atomic mass is 9.97. The average molecular weight is 298 g/mol. The van der Waals surface area contributed by atoms with E-state index in [0.29, 0.717) is 15.6 Å². The summed E-state index contributed by atoms with van der Waals surface area (Å²) in [6.07, 6.45) is 0. The van der Waals surface area contributed by atoms with Crippen molar-refractivity contribution in [1.29, 1.82) is 0 Å². The Balaban J connectivity index is 2.55. The highest BCUT2D eigenvalue weighted by atomic mass is 35.5. The average Bonchev–Trinajstić information content (AvgIpc) is 2.38. The maximum Gasteiger partial charge on any atom is 0.128 e. The molecule has 0 aliphatic carbocycles. The normalized spacial score (nSPS) is 12.5. The molecule has 4 heteroatoms. The summed E-state index contributed by atoms with van der Waals surface area (Å²) in [4.78, 5) is 0. The molecule has 0 spiro atoms. The van der Waals surface area contributed by atoms with Gasteiger partial charge in [0.05, 0.1) is 6.04 Å². The van der Waals surface area contributed by atoms with Gasteiger partial charge in [0.25, 0.3) is 0 Å². The van der Waals surface area contributed by atoms with E-state index in [9.17, 15) is 4.39 Å². The fourth-order valence-corrected chi connectivity index (χ4v) is 2.51. The highest BCUT2D eigenvalue weighted by Gasteiger charge is 2.19. The van der Waals surface area contributed by atoms with E-state index in [2.05, 4.69) is 5.32 Å². The molecule has 0 saturated carbocycles. The standard InChI is InChI=1S/C15H14Cl2FN/c1-9-3-6-14(18)12(7-9)15(19-2)11-8-10(16)4-5-13(11)17/h3-8,15,19H,1-2H3. The molecular formula is C15H14Cl2FN. The SMILES string of the molecule is CNC(c1cc(C)ccc1F)c1cc(Cl)ccc1Cl. The fraction of sp³-hybridized carbons (Fsp3) is 0.200. The van der Waals surface area contributed by atoms with Gasteiger partial charge in [0.15, 0.2) is 0 Å². The van der Waals surface area contributed by atoms with Crippen LogP contribution in [-0.4, -0.2) is 7.05 Å². The summed E-state index contributed by atoms with van der Waals surface area (Å²) in [7, 11) is 1.77. The topological polar surface area (TPSA) is 12.0 Å². The van der Waals surface area contributed by atoms with Gasteiger partial charge in [-0.3, -0.25) is 0 Å². The van der Waals surface area contributed by atoms with Crippen LogP contribution in [0.5, 0.6) is 0 Å². The summed E-state index contributed by atoms with van der Waals surface area (Å²) in [6, 6.07) is 9.88. The number of hydrogen-bond donors (Lipinski definition) is 1. The summed E-state index contributed by atoms with van der Waals surface area (Å²) >= 11 is 12.2. The molecule has 0 saturated heterocycles. The zero-order chi connectivity index (χ0) is 14.0. The molecule has 0 aliphatic heterocycles. The predicted octanol–water partition coefficient (Wildman–Crippen LogP) is 4.75. The lowest BCUT2D eigenvalue weighted by Crippen LogP contribution is -2.19. The number of hydrogen-bond acceptors (Lipinski definition) is 1. The molecule has 2 rings (SSSR count). The van der Waals surface area contributed by atoms with Crippen LogP contribution in [0.1, 0.15) is 22.7 Å². The van der Waals surface area contributed by atoms with Gasteiger partial charge in [-0.15, -0.1) is 0 Å². The molecule has 19 heavy (non-hydrogen) atoms. The van der Waals surface area contributed by atoms with E-state index in [4.69, 9.17) is 23.2 Å². The van der Waals surface area contributed by atoms with Crippen molar-refractivity contribution in [2.75, 3.05) is 7.05 Å². The minimum atomic E-state index is -0.328. The van der Waals surface area contributed by atoms with E-state index < -0.39 is 0 Å². The third-order valence-corrected chi connectivity index (χ3v) is 3.60. The van der Waals surface area contributed by atoms with Crippen LogP contribution in [0.3, 0.4) is 0 Å². The first-order valence-corrected chi connectivity index (χ1v) is 6.66. The zero-order valence-corrected chi connectivity index (χ0v) is 12.2. The minimum Gasteiger partial charge on any atom is -0.309 e. The lowest BCUT2D eigenvalue weighted by molar-refractivity contribution is 0.575. The van der Waals surface area contributed by atoms with Crippen LogP contribution < -0.4 is 5.32 Å². The van der Waals surface area contributed by atoms with Gasteiger partial charge >= 0.3 is 0 Å². The van der Waals surface area contributed by atoms with E-state index >= 15 is 0 Å². The summed E-state index contributed by atoms with van der Waals surface area (Å²) in [6.45, 7) is 1.93. The number of rotatable bonds is 3. The van der Waals surface area contributed by atoms with Gasteiger partial charge in [0.1, 0.15) is 5.82 Å². The van der Waals surface area contributed by atoms with Crippen molar-refractivity contribution in [3.63, 3.8) is 0 Å². The molecule has 0 heterocycles. The Morgan fingerprint density at radius 1 is 1.05 bits per heavy atom. The summed E-state index contributed by atoms with van der Waals surface area (Å²) in [5, 5.41) is 4.22. The van der Waals surface area contributed by atoms with Crippen LogP contribution in [0.25, 0.3) is 0 Å². The molecule has 1 unspecified atom stereocenters. The van der Waals surface area contributed by atoms with Gasteiger partial charge in [-0.1, -0.05) is 40.9 Å². The van der Waals surface area contributed by atoms with Gasteiger partial charge in [-0.2, -0.15) is 0 Å². The van der Waals surface area contributed by atoms with E-state index in [0.717, 1.165) is 11.1 Å². The van der Waals surface area contributed by atoms with E-state index in [1.54, 1.807) is 31.3 Å². The van der Waals surface area contributed by atoms with E-state index in [1.807, 2.05) is 13.0 Å². The van der Waals surface area contributed by atoms with Crippen LogP contribution in [0.4, 0.5) is 4.39 Å². The highest BCUT2D eigenvalue weighted by Crippen LogP contribution is 2.32. The van der Waals surface area contributed by atoms with Gasteiger partial charge in [-0.05, 0) is 43.8 Å². The fourth-order valence-electron chi connectivity index (χ4n) is 2.10. The van der Waals surface area contributed by atoms with Crippen molar-refractivity contribution in [2.24, 2.45) is 0 Å². The minimum absolute atomic E-state index is 0.263. The maximum atomic E-state index is 14.0. The Bertz CT molecular complexity index is 547. The number of benzene rings is 2. The third kappa shape index (κ3) is 3.08. The Morgan fingerprint density at radius 3 is 2.47 bits per heavy atom. The molecule has 100 valence electrons. The third-order valence-electron chi connectivity index (χ3n) is 3.02. The number of halogens is 3. The van der Waals surface area contributed by atoms with Gasteiger partial charge in [-0.25, -0.2) is 4.39 Å². The first-order chi connectivity index (χ1) is 9.02. The number of aryl methyl sites for hydroxylation is 1. The van der Waals surface area contributed by atoms with Gasteiger partial charge in [0.2, 0.25) is 0 Å². The van der Waals surface area contributed by atoms with Crippen molar-refractivity contribution >= 4 is 23.2 Å². The Morgan fingerprint density at radius 2 is 1.79 bits per heavy atom. The second-order valence-corrected chi connectivity index (χ2v) is 5.26. The molecule has 1 N–H and O–H groups in total. The molecule has 0 amide bonds. The summed E-state index contributed by atoms with van der Waals surface area (Å²) in [5.74, 6) is -0.263. The smallest absolute Gasteiger partial charge is 0.128 e. The second-order valence-electron chi connectivity index (χ2n) is 4.41.